The Morgan fingerprint density at radius 2 is 1.84 bits per heavy atom. The number of nitrogens with zero attached hydrogens (tertiary/aromatic N) is 2. The second kappa shape index (κ2) is 6.02. The maximum Gasteiger partial charge on any atom is 0.333 e. The van der Waals surface area contributed by atoms with E-state index < -0.39 is 39.5 Å². The minimum Gasteiger partial charge on any atom is -0.494 e. The van der Waals surface area contributed by atoms with Crippen molar-refractivity contribution in [3.63, 3.8) is 0 Å². The van der Waals surface area contributed by atoms with Crippen molar-refractivity contribution in [3.05, 3.63) is 26.9 Å². The van der Waals surface area contributed by atoms with Crippen molar-refractivity contribution in [2.45, 2.75) is 32.9 Å². The summed E-state index contributed by atoms with van der Waals surface area (Å²) in [5.74, 6) is -1.19. The van der Waals surface area contributed by atoms with Gasteiger partial charge in [-0.3, -0.25) is 18.5 Å². The fourth-order valence-electron chi connectivity index (χ4n) is 1.54. The van der Waals surface area contributed by atoms with Crippen LogP contribution in [0.5, 0.6) is 5.88 Å². The SMILES string of the molecule is CCCCn1c(O)cc(=O)n(CCS(=O)(=O)O)c1=O. The maximum atomic E-state index is 11.9. The molecule has 1 aromatic heterocycles. The average Bonchev–Trinajstić information content (AvgIpc) is 2.26. The highest BCUT2D eigenvalue weighted by Gasteiger charge is 2.13. The molecule has 0 atom stereocenters. The molecule has 8 nitrogen and oxygen atoms in total. The summed E-state index contributed by atoms with van der Waals surface area (Å²) in [4.78, 5) is 23.4. The second-order valence-corrected chi connectivity index (χ2v) is 5.64. The second-order valence-electron chi connectivity index (χ2n) is 4.07. The van der Waals surface area contributed by atoms with Gasteiger partial charge in [-0.1, -0.05) is 13.3 Å². The summed E-state index contributed by atoms with van der Waals surface area (Å²) < 4.78 is 31.6. The predicted octanol–water partition coefficient (Wildman–Crippen LogP) is -0.596. The Labute approximate surface area is 109 Å². The molecule has 108 valence electrons. The third-order valence-corrected chi connectivity index (χ3v) is 3.26. The van der Waals surface area contributed by atoms with Crippen molar-refractivity contribution < 1.29 is 18.1 Å². The van der Waals surface area contributed by atoms with Crippen LogP contribution in [0.25, 0.3) is 0 Å². The van der Waals surface area contributed by atoms with Crippen LogP contribution in [-0.2, 0) is 23.2 Å². The van der Waals surface area contributed by atoms with Crippen molar-refractivity contribution in [3.8, 4) is 5.88 Å². The van der Waals surface area contributed by atoms with Gasteiger partial charge < -0.3 is 5.11 Å². The Morgan fingerprint density at radius 3 is 2.37 bits per heavy atom. The van der Waals surface area contributed by atoms with Crippen LogP contribution in [-0.4, -0.2) is 33.0 Å². The van der Waals surface area contributed by atoms with Gasteiger partial charge in [0.05, 0.1) is 11.8 Å². The topological polar surface area (TPSA) is 119 Å². The van der Waals surface area contributed by atoms with Gasteiger partial charge in [0, 0.05) is 13.1 Å². The summed E-state index contributed by atoms with van der Waals surface area (Å²) in [7, 11) is -4.27. The lowest BCUT2D eigenvalue weighted by atomic mass is 10.3. The molecule has 0 fully saturated rings. The highest BCUT2D eigenvalue weighted by atomic mass is 32.2. The largest absolute Gasteiger partial charge is 0.494 e. The molecule has 0 spiro atoms. The molecule has 2 N–H and O–H groups in total. The van der Waals surface area contributed by atoms with Crippen molar-refractivity contribution in [2.75, 3.05) is 5.75 Å². The number of rotatable bonds is 6. The molecule has 0 saturated carbocycles. The molecule has 0 amide bonds. The van der Waals surface area contributed by atoms with Crippen LogP contribution in [0.1, 0.15) is 19.8 Å². The highest BCUT2D eigenvalue weighted by molar-refractivity contribution is 7.85. The first-order valence-corrected chi connectivity index (χ1v) is 7.36. The molecular formula is C10H16N2O6S. The third kappa shape index (κ3) is 4.21. The van der Waals surface area contributed by atoms with Crippen LogP contribution in [0, 0.1) is 0 Å². The number of aromatic hydroxyl groups is 1. The molecular weight excluding hydrogens is 276 g/mol. The van der Waals surface area contributed by atoms with Crippen LogP contribution in [0.4, 0.5) is 0 Å². The van der Waals surface area contributed by atoms with Crippen LogP contribution in [0.3, 0.4) is 0 Å². The summed E-state index contributed by atoms with van der Waals surface area (Å²) in [5.41, 5.74) is -1.60. The van der Waals surface area contributed by atoms with Gasteiger partial charge in [-0.05, 0) is 6.42 Å². The molecule has 9 heteroatoms. The summed E-state index contributed by atoms with van der Waals surface area (Å²) >= 11 is 0. The molecule has 0 saturated heterocycles. The van der Waals surface area contributed by atoms with E-state index in [0.29, 0.717) is 11.0 Å². The first-order valence-electron chi connectivity index (χ1n) is 5.75. The van der Waals surface area contributed by atoms with Gasteiger partial charge in [0.2, 0.25) is 5.88 Å². The van der Waals surface area contributed by atoms with Gasteiger partial charge >= 0.3 is 5.69 Å². The van der Waals surface area contributed by atoms with Gasteiger partial charge in [-0.25, -0.2) is 4.79 Å². The molecule has 0 aliphatic carbocycles. The van der Waals surface area contributed by atoms with E-state index >= 15 is 0 Å². The van der Waals surface area contributed by atoms with Crippen molar-refractivity contribution in [1.29, 1.82) is 0 Å². The van der Waals surface area contributed by atoms with Gasteiger partial charge in [-0.2, -0.15) is 8.42 Å². The lowest BCUT2D eigenvalue weighted by Crippen LogP contribution is -2.40. The summed E-state index contributed by atoms with van der Waals surface area (Å²) in [6.07, 6.45) is 1.42. The first kappa shape index (κ1) is 15.4. The Balaban J connectivity index is 3.18. The van der Waals surface area contributed by atoms with Crippen LogP contribution in [0.2, 0.25) is 0 Å². The molecule has 19 heavy (non-hydrogen) atoms. The molecule has 0 aromatic carbocycles. The Hall–Kier alpha value is -1.61. The van der Waals surface area contributed by atoms with Gasteiger partial charge in [-0.15, -0.1) is 0 Å². The van der Waals surface area contributed by atoms with E-state index in [-0.39, 0.29) is 6.54 Å². The minimum atomic E-state index is -4.27. The zero-order valence-electron chi connectivity index (χ0n) is 10.4. The van der Waals surface area contributed by atoms with E-state index in [2.05, 4.69) is 0 Å². The summed E-state index contributed by atoms with van der Waals surface area (Å²) in [6.45, 7) is 1.67. The van der Waals surface area contributed by atoms with E-state index in [4.69, 9.17) is 4.55 Å². The van der Waals surface area contributed by atoms with Gasteiger partial charge in [0.1, 0.15) is 0 Å². The van der Waals surface area contributed by atoms with Crippen molar-refractivity contribution in [1.82, 2.24) is 9.13 Å². The molecule has 0 aliphatic heterocycles. The summed E-state index contributed by atoms with van der Waals surface area (Å²) in [5, 5.41) is 9.53. The van der Waals surface area contributed by atoms with Crippen molar-refractivity contribution >= 4 is 10.1 Å². The smallest absolute Gasteiger partial charge is 0.333 e. The number of unbranched alkanes of at least 4 members (excludes halogenated alkanes) is 1. The maximum absolute atomic E-state index is 11.9. The zero-order chi connectivity index (χ0) is 14.6. The van der Waals surface area contributed by atoms with Gasteiger partial charge in [0.15, 0.2) is 0 Å². The minimum absolute atomic E-state index is 0.229. The van der Waals surface area contributed by atoms with Crippen molar-refractivity contribution in [2.24, 2.45) is 0 Å². The van der Waals surface area contributed by atoms with E-state index in [9.17, 15) is 23.1 Å². The normalized spacial score (nSPS) is 11.7. The Morgan fingerprint density at radius 1 is 1.21 bits per heavy atom. The Kier molecular flexibility index (Phi) is 4.90. The van der Waals surface area contributed by atoms with E-state index in [1.165, 1.54) is 0 Å². The van der Waals surface area contributed by atoms with Crippen LogP contribution < -0.4 is 11.2 Å². The molecule has 1 rings (SSSR count). The highest BCUT2D eigenvalue weighted by Crippen LogP contribution is 2.03. The average molecular weight is 292 g/mol. The fourth-order valence-corrected chi connectivity index (χ4v) is 1.96. The zero-order valence-corrected chi connectivity index (χ0v) is 11.3. The molecule has 0 aliphatic rings. The molecule has 1 heterocycles. The summed E-state index contributed by atoms with van der Waals surface area (Å²) in [6, 6.07) is 0.848. The van der Waals surface area contributed by atoms with E-state index in [1.54, 1.807) is 0 Å². The predicted molar refractivity (Wildman–Crippen MR) is 68.0 cm³/mol. The lowest BCUT2D eigenvalue weighted by molar-refractivity contribution is 0.384. The fraction of sp³-hybridized carbons (Fsp3) is 0.600. The molecule has 0 bridgehead atoms. The molecule has 1 aromatic rings. The molecule has 0 radical (unpaired) electrons. The van der Waals surface area contributed by atoms with Crippen LogP contribution in [0.15, 0.2) is 15.7 Å². The monoisotopic (exact) mass is 292 g/mol. The van der Waals surface area contributed by atoms with Crippen LogP contribution >= 0.6 is 0 Å². The molecule has 0 unspecified atom stereocenters. The first-order chi connectivity index (χ1) is 8.76. The quantitative estimate of drug-likeness (QED) is 0.676. The van der Waals surface area contributed by atoms with E-state index in [0.717, 1.165) is 17.1 Å². The number of hydrogen-bond acceptors (Lipinski definition) is 5. The lowest BCUT2D eigenvalue weighted by Gasteiger charge is -2.10. The van der Waals surface area contributed by atoms with Gasteiger partial charge in [0.25, 0.3) is 15.7 Å². The third-order valence-electron chi connectivity index (χ3n) is 2.57. The van der Waals surface area contributed by atoms with E-state index in [1.807, 2.05) is 6.92 Å². The Bertz CT molecular complexity index is 658. The standard InChI is InChI=1S/C10H16N2O6S/c1-2-3-4-11-8(13)7-9(14)12(10(11)15)5-6-19(16,17)18/h7,13H,2-6H2,1H3,(H,16,17,18). The number of aromatic nitrogens is 2. The number of hydrogen-bond donors (Lipinski definition) is 2.